The third-order valence-corrected chi connectivity index (χ3v) is 2.59. The first-order valence-corrected chi connectivity index (χ1v) is 5.71. The molecule has 0 aliphatic carbocycles. The first kappa shape index (κ1) is 12.4. The molecule has 18 heavy (non-hydrogen) atoms. The van der Waals surface area contributed by atoms with Crippen molar-refractivity contribution in [3.05, 3.63) is 65.2 Å². The molecule has 0 heterocycles. The second-order valence-electron chi connectivity index (χ2n) is 3.66. The zero-order chi connectivity index (χ0) is 13.0. The summed E-state index contributed by atoms with van der Waals surface area (Å²) in [5, 5.41) is 1.52. The number of carbonyl (C=O) groups excluding carboxylic acids is 1. The number of hydrogen-bond donors (Lipinski definition) is 2. The molecule has 0 atom stereocenters. The lowest BCUT2D eigenvalue weighted by atomic mass is 10.2. The van der Waals surface area contributed by atoms with Crippen LogP contribution in [0.1, 0.15) is 10.4 Å². The summed E-state index contributed by atoms with van der Waals surface area (Å²) >= 11 is 5.75. The van der Waals surface area contributed by atoms with Crippen molar-refractivity contribution in [2.24, 2.45) is 5.84 Å². The van der Waals surface area contributed by atoms with Crippen molar-refractivity contribution in [2.45, 2.75) is 0 Å². The van der Waals surface area contributed by atoms with Gasteiger partial charge >= 0.3 is 0 Å². The number of nitrogens with two attached hydrogens (primary N) is 1. The number of carbonyl (C=O) groups is 1. The van der Waals surface area contributed by atoms with Gasteiger partial charge in [0.25, 0.3) is 5.91 Å². The van der Waals surface area contributed by atoms with Gasteiger partial charge < -0.3 is 0 Å². The molecule has 0 saturated heterocycles. The maximum atomic E-state index is 12.0. The van der Waals surface area contributed by atoms with E-state index in [0.29, 0.717) is 10.6 Å². The fraction of sp³-hybridized carbons (Fsp3) is 0. The van der Waals surface area contributed by atoms with Crippen molar-refractivity contribution in [3.63, 3.8) is 0 Å². The minimum Gasteiger partial charge on any atom is -0.281 e. The molecular weight excluding hydrogens is 250 g/mol. The molecule has 0 aliphatic heterocycles. The summed E-state index contributed by atoms with van der Waals surface area (Å²) in [7, 11) is 0. The normalized spacial score (nSPS) is 9.89. The van der Waals surface area contributed by atoms with Crippen LogP contribution >= 0.6 is 11.6 Å². The SMILES string of the molecule is NN(Nc1ccccc1)C(=O)c1ccc(Cl)cc1. The molecule has 0 saturated carbocycles. The predicted molar refractivity (Wildman–Crippen MR) is 71.9 cm³/mol. The first-order valence-electron chi connectivity index (χ1n) is 5.33. The van der Waals surface area contributed by atoms with E-state index in [1.165, 1.54) is 0 Å². The van der Waals surface area contributed by atoms with E-state index in [2.05, 4.69) is 5.43 Å². The van der Waals surface area contributed by atoms with Crippen molar-refractivity contribution in [1.82, 2.24) is 5.12 Å². The minimum absolute atomic E-state index is 0.337. The van der Waals surface area contributed by atoms with E-state index in [1.54, 1.807) is 24.3 Å². The molecule has 0 fully saturated rings. The fourth-order valence-corrected chi connectivity index (χ4v) is 1.56. The highest BCUT2D eigenvalue weighted by Crippen LogP contribution is 2.11. The summed E-state index contributed by atoms with van der Waals surface area (Å²) in [5.74, 6) is 5.32. The number of benzene rings is 2. The summed E-state index contributed by atoms with van der Waals surface area (Å²) in [6, 6.07) is 15.7. The van der Waals surface area contributed by atoms with Crippen molar-refractivity contribution in [3.8, 4) is 0 Å². The largest absolute Gasteiger partial charge is 0.286 e. The van der Waals surface area contributed by atoms with Gasteiger partial charge in [0.2, 0.25) is 0 Å². The van der Waals surface area contributed by atoms with E-state index >= 15 is 0 Å². The van der Waals surface area contributed by atoms with Crippen LogP contribution in [0.3, 0.4) is 0 Å². The van der Waals surface area contributed by atoms with Gasteiger partial charge in [-0.05, 0) is 36.4 Å². The number of hydrogen-bond acceptors (Lipinski definition) is 3. The van der Waals surface area contributed by atoms with Gasteiger partial charge in [0.05, 0.1) is 5.69 Å². The number of para-hydroxylation sites is 1. The van der Waals surface area contributed by atoms with Crippen LogP contribution in [0.4, 0.5) is 5.69 Å². The molecule has 0 bridgehead atoms. The van der Waals surface area contributed by atoms with Gasteiger partial charge in [-0.3, -0.25) is 10.2 Å². The molecule has 0 spiro atoms. The third-order valence-electron chi connectivity index (χ3n) is 2.33. The second kappa shape index (κ2) is 5.53. The summed E-state index contributed by atoms with van der Waals surface area (Å²) in [4.78, 5) is 12.0. The summed E-state index contributed by atoms with van der Waals surface area (Å²) in [5.41, 5.74) is 3.98. The molecule has 4 nitrogen and oxygen atoms in total. The average Bonchev–Trinajstić information content (AvgIpc) is 2.40. The van der Waals surface area contributed by atoms with Gasteiger partial charge in [0.1, 0.15) is 0 Å². The first-order chi connectivity index (χ1) is 8.66. The Morgan fingerprint density at radius 3 is 2.28 bits per heavy atom. The van der Waals surface area contributed by atoms with E-state index in [0.717, 1.165) is 10.8 Å². The molecule has 1 amide bonds. The highest BCUT2D eigenvalue weighted by Gasteiger charge is 2.11. The maximum absolute atomic E-state index is 12.0. The van der Waals surface area contributed by atoms with Crippen LogP contribution in [-0.2, 0) is 0 Å². The van der Waals surface area contributed by atoms with Crippen LogP contribution < -0.4 is 11.3 Å². The van der Waals surface area contributed by atoms with E-state index in [1.807, 2.05) is 30.3 Å². The van der Waals surface area contributed by atoms with E-state index in [4.69, 9.17) is 17.4 Å². The van der Waals surface area contributed by atoms with Crippen molar-refractivity contribution < 1.29 is 4.79 Å². The number of nitrogens with zero attached hydrogens (tertiary/aromatic N) is 1. The highest BCUT2D eigenvalue weighted by molar-refractivity contribution is 6.30. The number of hydrazine groups is 2. The fourth-order valence-electron chi connectivity index (χ4n) is 1.43. The lowest BCUT2D eigenvalue weighted by Gasteiger charge is -2.18. The Morgan fingerprint density at radius 1 is 1.06 bits per heavy atom. The molecule has 2 aromatic rings. The molecule has 0 aliphatic rings. The van der Waals surface area contributed by atoms with Gasteiger partial charge in [0.15, 0.2) is 0 Å². The standard InChI is InChI=1S/C13H12ClN3O/c14-11-8-6-10(7-9-11)13(18)17(15)16-12-4-2-1-3-5-12/h1-9,16H,15H2. The van der Waals surface area contributed by atoms with Crippen LogP contribution in [0, 0.1) is 0 Å². The van der Waals surface area contributed by atoms with Gasteiger partial charge in [-0.1, -0.05) is 29.8 Å². The smallest absolute Gasteiger partial charge is 0.281 e. The quantitative estimate of drug-likeness (QED) is 0.507. The molecule has 0 aromatic heterocycles. The number of amides is 1. The van der Waals surface area contributed by atoms with Crippen LogP contribution in [0.5, 0.6) is 0 Å². The molecule has 0 unspecified atom stereocenters. The number of rotatable bonds is 3. The maximum Gasteiger partial charge on any atom is 0.286 e. The number of nitrogens with one attached hydrogen (secondary N) is 1. The van der Waals surface area contributed by atoms with Crippen molar-refractivity contribution >= 4 is 23.2 Å². The Balaban J connectivity index is 2.07. The van der Waals surface area contributed by atoms with E-state index in [-0.39, 0.29) is 5.91 Å². The Kier molecular flexibility index (Phi) is 3.82. The Bertz CT molecular complexity index is 528. The number of anilines is 1. The van der Waals surface area contributed by atoms with Crippen LogP contribution in [0.25, 0.3) is 0 Å². The lowest BCUT2D eigenvalue weighted by Crippen LogP contribution is -2.42. The lowest BCUT2D eigenvalue weighted by molar-refractivity contribution is 0.0793. The predicted octanol–water partition coefficient (Wildman–Crippen LogP) is 2.68. The van der Waals surface area contributed by atoms with Crippen LogP contribution in [0.15, 0.2) is 54.6 Å². The Labute approximate surface area is 110 Å². The third kappa shape index (κ3) is 3.00. The van der Waals surface area contributed by atoms with Crippen LogP contribution in [-0.4, -0.2) is 11.0 Å². The number of halogens is 1. The van der Waals surface area contributed by atoms with Gasteiger partial charge in [0, 0.05) is 10.6 Å². The summed E-state index contributed by atoms with van der Waals surface area (Å²) < 4.78 is 0. The van der Waals surface area contributed by atoms with Gasteiger partial charge in [-0.25, -0.2) is 5.84 Å². The second-order valence-corrected chi connectivity index (χ2v) is 4.10. The minimum atomic E-state index is -0.337. The van der Waals surface area contributed by atoms with Crippen LogP contribution in [0.2, 0.25) is 5.02 Å². The van der Waals surface area contributed by atoms with Crippen molar-refractivity contribution in [1.29, 1.82) is 0 Å². The Morgan fingerprint density at radius 2 is 1.67 bits per heavy atom. The zero-order valence-corrected chi connectivity index (χ0v) is 10.3. The van der Waals surface area contributed by atoms with Gasteiger partial charge in [-0.15, -0.1) is 0 Å². The molecule has 2 rings (SSSR count). The highest BCUT2D eigenvalue weighted by atomic mass is 35.5. The van der Waals surface area contributed by atoms with E-state index < -0.39 is 0 Å². The van der Waals surface area contributed by atoms with E-state index in [9.17, 15) is 4.79 Å². The van der Waals surface area contributed by atoms with Gasteiger partial charge in [-0.2, -0.15) is 5.12 Å². The zero-order valence-electron chi connectivity index (χ0n) is 9.51. The average molecular weight is 262 g/mol. The summed E-state index contributed by atoms with van der Waals surface area (Å²) in [6.07, 6.45) is 0. The monoisotopic (exact) mass is 261 g/mol. The topological polar surface area (TPSA) is 58.4 Å². The molecule has 5 heteroatoms. The molecular formula is C13H12ClN3O. The molecule has 3 N–H and O–H groups in total. The Hall–Kier alpha value is -2.04. The molecule has 2 aromatic carbocycles. The van der Waals surface area contributed by atoms with Crippen molar-refractivity contribution in [2.75, 3.05) is 5.43 Å². The molecule has 92 valence electrons. The molecule has 0 radical (unpaired) electrons. The summed E-state index contributed by atoms with van der Waals surface area (Å²) in [6.45, 7) is 0.